The van der Waals surface area contributed by atoms with Gasteiger partial charge in [-0.2, -0.15) is 0 Å². The molecule has 6 heteroatoms. The third kappa shape index (κ3) is 4.78. The third-order valence-electron chi connectivity index (χ3n) is 2.39. The Kier molecular flexibility index (Phi) is 6.26. The minimum absolute atomic E-state index is 0.142. The van der Waals surface area contributed by atoms with Gasteiger partial charge in [-0.3, -0.25) is 0 Å². The average molecular weight is 261 g/mol. The lowest BCUT2D eigenvalue weighted by atomic mass is 9.97. The van der Waals surface area contributed by atoms with Gasteiger partial charge in [0.15, 0.2) is 4.34 Å². The van der Waals surface area contributed by atoms with Crippen molar-refractivity contribution in [2.75, 3.05) is 18.9 Å². The molecule has 0 spiro atoms. The van der Waals surface area contributed by atoms with Crippen LogP contribution >= 0.6 is 23.1 Å². The molecule has 0 radical (unpaired) electrons. The second-order valence-corrected chi connectivity index (χ2v) is 6.08. The van der Waals surface area contributed by atoms with Crippen molar-refractivity contribution in [3.8, 4) is 0 Å². The Balaban J connectivity index is 2.18. The molecular formula is C10H19N3OS2. The molecule has 1 aromatic heterocycles. The summed E-state index contributed by atoms with van der Waals surface area (Å²) in [4.78, 5) is 0. The molecule has 0 saturated heterocycles. The molecule has 0 amide bonds. The van der Waals surface area contributed by atoms with Crippen LogP contribution in [0.5, 0.6) is 0 Å². The molecule has 1 heterocycles. The number of rotatable bonds is 8. The van der Waals surface area contributed by atoms with Crippen molar-refractivity contribution in [3.63, 3.8) is 0 Å². The van der Waals surface area contributed by atoms with Crippen LogP contribution in [0.3, 0.4) is 0 Å². The summed E-state index contributed by atoms with van der Waals surface area (Å²) in [7, 11) is 0. The number of thioether (sulfide) groups is 1. The first kappa shape index (κ1) is 13.9. The molecule has 1 unspecified atom stereocenters. The van der Waals surface area contributed by atoms with E-state index in [4.69, 9.17) is 0 Å². The average Bonchev–Trinajstić information content (AvgIpc) is 2.78. The van der Waals surface area contributed by atoms with Gasteiger partial charge in [-0.1, -0.05) is 30.0 Å². The van der Waals surface area contributed by atoms with Gasteiger partial charge in [0.2, 0.25) is 0 Å². The summed E-state index contributed by atoms with van der Waals surface area (Å²) in [5.41, 5.74) is 1.61. The van der Waals surface area contributed by atoms with Crippen LogP contribution in [-0.4, -0.2) is 39.7 Å². The SMILES string of the molecule is CCNC(C)(CO)CCCSc1nncs1. The number of nitrogens with one attached hydrogen (secondary N) is 1. The lowest BCUT2D eigenvalue weighted by Gasteiger charge is -2.28. The Labute approximate surface area is 105 Å². The highest BCUT2D eigenvalue weighted by Gasteiger charge is 2.20. The summed E-state index contributed by atoms with van der Waals surface area (Å²) < 4.78 is 1.02. The molecule has 1 atom stereocenters. The Bertz CT molecular complexity index is 282. The standard InChI is InChI=1S/C10H19N3OS2/c1-3-11-10(2,7-14)5-4-6-15-9-13-12-8-16-9/h8,11,14H,3-7H2,1-2H3. The highest BCUT2D eigenvalue weighted by Crippen LogP contribution is 2.22. The van der Waals surface area contributed by atoms with Gasteiger partial charge in [-0.05, 0) is 26.3 Å². The topological polar surface area (TPSA) is 58.0 Å². The minimum Gasteiger partial charge on any atom is -0.394 e. The van der Waals surface area contributed by atoms with Crippen molar-refractivity contribution in [3.05, 3.63) is 5.51 Å². The molecule has 0 bridgehead atoms. The third-order valence-corrected chi connectivity index (χ3v) is 4.34. The van der Waals surface area contributed by atoms with E-state index < -0.39 is 0 Å². The summed E-state index contributed by atoms with van der Waals surface area (Å²) in [6.07, 6.45) is 2.04. The lowest BCUT2D eigenvalue weighted by Crippen LogP contribution is -2.45. The molecule has 1 aromatic rings. The van der Waals surface area contributed by atoms with Crippen LogP contribution in [0, 0.1) is 0 Å². The number of hydrogen-bond donors (Lipinski definition) is 2. The van der Waals surface area contributed by atoms with E-state index in [1.165, 1.54) is 0 Å². The summed E-state index contributed by atoms with van der Waals surface area (Å²) in [6, 6.07) is 0. The van der Waals surface area contributed by atoms with Crippen molar-refractivity contribution >= 4 is 23.1 Å². The lowest BCUT2D eigenvalue weighted by molar-refractivity contribution is 0.167. The van der Waals surface area contributed by atoms with Crippen LogP contribution in [-0.2, 0) is 0 Å². The predicted molar refractivity (Wildman–Crippen MR) is 69.0 cm³/mol. The quantitative estimate of drug-likeness (QED) is 0.552. The van der Waals surface area contributed by atoms with Crippen LogP contribution in [0.1, 0.15) is 26.7 Å². The Morgan fingerprint density at radius 1 is 1.62 bits per heavy atom. The van der Waals surface area contributed by atoms with Gasteiger partial charge in [0, 0.05) is 11.3 Å². The highest BCUT2D eigenvalue weighted by molar-refractivity contribution is 8.00. The molecule has 0 aliphatic heterocycles. The van der Waals surface area contributed by atoms with Crippen LogP contribution in [0.2, 0.25) is 0 Å². The number of aliphatic hydroxyl groups excluding tert-OH is 1. The summed E-state index contributed by atoms with van der Waals surface area (Å²) in [6.45, 7) is 5.20. The molecule has 16 heavy (non-hydrogen) atoms. The van der Waals surface area contributed by atoms with Crippen LogP contribution in [0.15, 0.2) is 9.85 Å². The summed E-state index contributed by atoms with van der Waals surface area (Å²) >= 11 is 3.30. The second kappa shape index (κ2) is 7.21. The first-order valence-electron chi connectivity index (χ1n) is 5.45. The smallest absolute Gasteiger partial charge is 0.174 e. The molecule has 92 valence electrons. The highest BCUT2D eigenvalue weighted by atomic mass is 32.2. The number of aliphatic hydroxyl groups is 1. The maximum absolute atomic E-state index is 9.31. The van der Waals surface area contributed by atoms with Gasteiger partial charge in [0.1, 0.15) is 5.51 Å². The normalized spacial score (nSPS) is 14.9. The van der Waals surface area contributed by atoms with Crippen molar-refractivity contribution in [1.29, 1.82) is 0 Å². The molecule has 4 nitrogen and oxygen atoms in total. The zero-order chi connectivity index (χ0) is 11.9. The maximum Gasteiger partial charge on any atom is 0.174 e. The van der Waals surface area contributed by atoms with E-state index in [9.17, 15) is 5.11 Å². The van der Waals surface area contributed by atoms with E-state index in [0.29, 0.717) is 0 Å². The molecular weight excluding hydrogens is 242 g/mol. The largest absolute Gasteiger partial charge is 0.394 e. The van der Waals surface area contributed by atoms with Crippen molar-refractivity contribution < 1.29 is 5.11 Å². The van der Waals surface area contributed by atoms with Gasteiger partial charge in [-0.15, -0.1) is 10.2 Å². The van der Waals surface area contributed by atoms with Crippen LogP contribution in [0.25, 0.3) is 0 Å². The summed E-state index contributed by atoms with van der Waals surface area (Å²) in [5.74, 6) is 1.02. The van der Waals surface area contributed by atoms with Gasteiger partial charge in [0.25, 0.3) is 0 Å². The second-order valence-electron chi connectivity index (χ2n) is 3.91. The van der Waals surface area contributed by atoms with E-state index >= 15 is 0 Å². The Hall–Kier alpha value is -0.170. The van der Waals surface area contributed by atoms with Gasteiger partial charge in [0.05, 0.1) is 6.61 Å². The maximum atomic E-state index is 9.31. The van der Waals surface area contributed by atoms with E-state index in [1.807, 2.05) is 0 Å². The van der Waals surface area contributed by atoms with Gasteiger partial charge < -0.3 is 10.4 Å². The number of likely N-dealkylation sites (N-methyl/N-ethyl adjacent to an activating group) is 1. The van der Waals surface area contributed by atoms with E-state index in [1.54, 1.807) is 28.6 Å². The zero-order valence-corrected chi connectivity index (χ0v) is 11.4. The Morgan fingerprint density at radius 3 is 3.00 bits per heavy atom. The van der Waals surface area contributed by atoms with Gasteiger partial charge >= 0.3 is 0 Å². The van der Waals surface area contributed by atoms with E-state index in [-0.39, 0.29) is 12.1 Å². The van der Waals surface area contributed by atoms with Crippen LogP contribution < -0.4 is 5.32 Å². The zero-order valence-electron chi connectivity index (χ0n) is 9.77. The monoisotopic (exact) mass is 261 g/mol. The van der Waals surface area contributed by atoms with Gasteiger partial charge in [-0.25, -0.2) is 0 Å². The first-order valence-corrected chi connectivity index (χ1v) is 7.31. The van der Waals surface area contributed by atoms with E-state index in [2.05, 4.69) is 29.4 Å². The molecule has 0 aliphatic rings. The molecule has 0 saturated carbocycles. The minimum atomic E-state index is -0.142. The first-order chi connectivity index (χ1) is 7.70. The van der Waals surface area contributed by atoms with Crippen molar-refractivity contribution in [1.82, 2.24) is 15.5 Å². The Morgan fingerprint density at radius 2 is 2.44 bits per heavy atom. The molecule has 2 N–H and O–H groups in total. The fourth-order valence-corrected chi connectivity index (χ4v) is 3.00. The van der Waals surface area contributed by atoms with Crippen LogP contribution in [0.4, 0.5) is 0 Å². The molecule has 0 fully saturated rings. The van der Waals surface area contributed by atoms with E-state index in [0.717, 1.165) is 29.5 Å². The predicted octanol–water partition coefficient (Wildman–Crippen LogP) is 1.77. The molecule has 0 aromatic carbocycles. The number of aromatic nitrogens is 2. The van der Waals surface area contributed by atoms with Crippen molar-refractivity contribution in [2.24, 2.45) is 0 Å². The molecule has 1 rings (SSSR count). The fraction of sp³-hybridized carbons (Fsp3) is 0.800. The fourth-order valence-electron chi connectivity index (χ4n) is 1.50. The number of hydrogen-bond acceptors (Lipinski definition) is 6. The number of nitrogens with zero attached hydrogens (tertiary/aromatic N) is 2. The summed E-state index contributed by atoms with van der Waals surface area (Å²) in [5, 5.41) is 20.4. The molecule has 0 aliphatic carbocycles. The van der Waals surface area contributed by atoms with Crippen molar-refractivity contribution in [2.45, 2.75) is 36.6 Å².